The Hall–Kier alpha value is -0.930. The molecule has 0 amide bonds. The van der Waals surface area contributed by atoms with E-state index in [1.807, 2.05) is 13.8 Å². The summed E-state index contributed by atoms with van der Waals surface area (Å²) in [6.45, 7) is 7.79. The van der Waals surface area contributed by atoms with Crippen molar-refractivity contribution in [2.75, 3.05) is 13.2 Å². The molecule has 1 aliphatic rings. The number of nitrogens with one attached hydrogen (secondary N) is 1. The van der Waals surface area contributed by atoms with Gasteiger partial charge in [-0.2, -0.15) is 0 Å². The number of hydrogen-bond acceptors (Lipinski definition) is 2. The quantitative estimate of drug-likeness (QED) is 0.798. The van der Waals surface area contributed by atoms with Crippen molar-refractivity contribution in [1.29, 1.82) is 0 Å². The summed E-state index contributed by atoms with van der Waals surface area (Å²) in [6, 6.07) is 5.42. The summed E-state index contributed by atoms with van der Waals surface area (Å²) < 4.78 is 20.0. The molecule has 1 atom stereocenters. The van der Waals surface area contributed by atoms with Crippen LogP contribution in [0.1, 0.15) is 63.1 Å². The topological polar surface area (TPSA) is 21.3 Å². The van der Waals surface area contributed by atoms with Crippen LogP contribution in [-0.4, -0.2) is 18.8 Å². The molecule has 0 heterocycles. The molecule has 0 saturated heterocycles. The van der Waals surface area contributed by atoms with Crippen LogP contribution >= 0.6 is 0 Å². The van der Waals surface area contributed by atoms with Crippen LogP contribution in [0.25, 0.3) is 0 Å². The molecule has 1 N–H and O–H groups in total. The van der Waals surface area contributed by atoms with E-state index in [1.54, 1.807) is 12.1 Å². The summed E-state index contributed by atoms with van der Waals surface area (Å²) in [5.41, 5.74) is 1.82. The van der Waals surface area contributed by atoms with Crippen LogP contribution in [0.3, 0.4) is 0 Å². The SMILES string of the molecule is CCCNC(c1cc(C)cc(F)c1)C1(OCC)CCCC1. The van der Waals surface area contributed by atoms with E-state index < -0.39 is 0 Å². The molecule has 0 aromatic heterocycles. The highest BCUT2D eigenvalue weighted by Gasteiger charge is 2.42. The molecule has 21 heavy (non-hydrogen) atoms. The van der Waals surface area contributed by atoms with Gasteiger partial charge in [-0.15, -0.1) is 0 Å². The Labute approximate surface area is 128 Å². The Morgan fingerprint density at radius 3 is 2.52 bits per heavy atom. The number of rotatable bonds is 7. The van der Waals surface area contributed by atoms with E-state index in [4.69, 9.17) is 4.74 Å². The van der Waals surface area contributed by atoms with Gasteiger partial charge in [0.1, 0.15) is 5.82 Å². The van der Waals surface area contributed by atoms with E-state index in [1.165, 1.54) is 12.8 Å². The second-order valence-corrected chi connectivity index (χ2v) is 6.15. The normalized spacial score (nSPS) is 18.9. The Morgan fingerprint density at radius 1 is 1.24 bits per heavy atom. The van der Waals surface area contributed by atoms with Gasteiger partial charge in [0, 0.05) is 6.61 Å². The fourth-order valence-corrected chi connectivity index (χ4v) is 3.60. The number of halogens is 1. The monoisotopic (exact) mass is 293 g/mol. The summed E-state index contributed by atoms with van der Waals surface area (Å²) in [7, 11) is 0. The smallest absolute Gasteiger partial charge is 0.123 e. The number of benzene rings is 1. The maximum atomic E-state index is 13.8. The average molecular weight is 293 g/mol. The van der Waals surface area contributed by atoms with Crippen LogP contribution < -0.4 is 5.32 Å². The van der Waals surface area contributed by atoms with Crippen LogP contribution in [0.2, 0.25) is 0 Å². The van der Waals surface area contributed by atoms with Gasteiger partial charge in [-0.3, -0.25) is 0 Å². The first-order chi connectivity index (χ1) is 10.1. The van der Waals surface area contributed by atoms with E-state index >= 15 is 0 Å². The fourth-order valence-electron chi connectivity index (χ4n) is 3.60. The van der Waals surface area contributed by atoms with E-state index in [0.29, 0.717) is 6.61 Å². The minimum absolute atomic E-state index is 0.0781. The van der Waals surface area contributed by atoms with Gasteiger partial charge in [-0.25, -0.2) is 4.39 Å². The Kier molecular flexibility index (Phi) is 5.77. The lowest BCUT2D eigenvalue weighted by Crippen LogP contribution is -2.44. The lowest BCUT2D eigenvalue weighted by Gasteiger charge is -2.38. The summed E-state index contributed by atoms with van der Waals surface area (Å²) >= 11 is 0. The number of ether oxygens (including phenoxy) is 1. The molecular formula is C18H28FNO. The molecule has 0 aliphatic heterocycles. The molecule has 0 spiro atoms. The van der Waals surface area contributed by atoms with Gasteiger partial charge in [-0.05, 0) is 62.9 Å². The summed E-state index contributed by atoms with van der Waals surface area (Å²) in [6.07, 6.45) is 5.56. The van der Waals surface area contributed by atoms with Crippen LogP contribution in [0, 0.1) is 12.7 Å². The molecule has 2 rings (SSSR count). The molecule has 118 valence electrons. The van der Waals surface area contributed by atoms with E-state index in [2.05, 4.69) is 18.3 Å². The highest BCUT2D eigenvalue weighted by atomic mass is 19.1. The molecule has 0 bridgehead atoms. The van der Waals surface area contributed by atoms with Gasteiger partial charge >= 0.3 is 0 Å². The molecule has 1 aromatic carbocycles. The van der Waals surface area contributed by atoms with Crippen LogP contribution in [-0.2, 0) is 4.74 Å². The largest absolute Gasteiger partial charge is 0.373 e. The van der Waals surface area contributed by atoms with Gasteiger partial charge < -0.3 is 10.1 Å². The molecular weight excluding hydrogens is 265 g/mol. The molecule has 0 radical (unpaired) electrons. The second-order valence-electron chi connectivity index (χ2n) is 6.15. The second kappa shape index (κ2) is 7.37. The third kappa shape index (κ3) is 3.83. The van der Waals surface area contributed by atoms with Crippen molar-refractivity contribution in [2.24, 2.45) is 0 Å². The lowest BCUT2D eigenvalue weighted by atomic mass is 9.85. The minimum atomic E-state index is -0.176. The molecule has 1 unspecified atom stereocenters. The van der Waals surface area contributed by atoms with Crippen molar-refractivity contribution in [2.45, 2.75) is 64.5 Å². The standard InChI is InChI=1S/C18H28FNO/c1-4-10-20-17(15-11-14(3)12-16(19)13-15)18(21-5-2)8-6-7-9-18/h11-13,17,20H,4-10H2,1-3H3. The first-order valence-corrected chi connectivity index (χ1v) is 8.25. The van der Waals surface area contributed by atoms with Crippen molar-refractivity contribution < 1.29 is 9.13 Å². The first-order valence-electron chi connectivity index (χ1n) is 8.25. The molecule has 1 fully saturated rings. The van der Waals surface area contributed by atoms with Crippen LogP contribution in [0.4, 0.5) is 4.39 Å². The van der Waals surface area contributed by atoms with Gasteiger partial charge in [-0.1, -0.05) is 25.8 Å². The van der Waals surface area contributed by atoms with Crippen LogP contribution in [0.15, 0.2) is 18.2 Å². The summed E-state index contributed by atoms with van der Waals surface area (Å²) in [4.78, 5) is 0. The Balaban J connectivity index is 2.36. The number of hydrogen-bond donors (Lipinski definition) is 1. The predicted molar refractivity (Wildman–Crippen MR) is 85.0 cm³/mol. The first kappa shape index (κ1) is 16.4. The molecule has 1 saturated carbocycles. The Bertz CT molecular complexity index is 434. The van der Waals surface area contributed by atoms with E-state index in [9.17, 15) is 4.39 Å². The Morgan fingerprint density at radius 2 is 1.95 bits per heavy atom. The van der Waals surface area contributed by atoms with Gasteiger partial charge in [0.15, 0.2) is 0 Å². The molecule has 1 aliphatic carbocycles. The highest BCUT2D eigenvalue weighted by Crippen LogP contribution is 2.43. The maximum absolute atomic E-state index is 13.8. The van der Waals surface area contributed by atoms with Crippen molar-refractivity contribution in [3.63, 3.8) is 0 Å². The van der Waals surface area contributed by atoms with Gasteiger partial charge in [0.2, 0.25) is 0 Å². The third-order valence-corrected chi connectivity index (χ3v) is 4.40. The van der Waals surface area contributed by atoms with Crippen molar-refractivity contribution in [3.05, 3.63) is 35.1 Å². The van der Waals surface area contributed by atoms with Crippen molar-refractivity contribution in [1.82, 2.24) is 5.32 Å². The van der Waals surface area contributed by atoms with Gasteiger partial charge in [0.25, 0.3) is 0 Å². The summed E-state index contributed by atoms with van der Waals surface area (Å²) in [5.74, 6) is -0.155. The van der Waals surface area contributed by atoms with Gasteiger partial charge in [0.05, 0.1) is 11.6 Å². The molecule has 1 aromatic rings. The fraction of sp³-hybridized carbons (Fsp3) is 0.667. The summed E-state index contributed by atoms with van der Waals surface area (Å²) in [5, 5.41) is 3.62. The van der Waals surface area contributed by atoms with E-state index in [0.717, 1.165) is 36.9 Å². The third-order valence-electron chi connectivity index (χ3n) is 4.40. The zero-order valence-corrected chi connectivity index (χ0v) is 13.5. The predicted octanol–water partition coefficient (Wildman–Crippen LogP) is 4.52. The number of aryl methyl sites for hydroxylation is 1. The maximum Gasteiger partial charge on any atom is 0.123 e. The van der Waals surface area contributed by atoms with Crippen molar-refractivity contribution >= 4 is 0 Å². The molecule has 2 nitrogen and oxygen atoms in total. The zero-order chi connectivity index (χ0) is 15.3. The minimum Gasteiger partial charge on any atom is -0.373 e. The van der Waals surface area contributed by atoms with Crippen molar-refractivity contribution in [3.8, 4) is 0 Å². The van der Waals surface area contributed by atoms with Crippen LogP contribution in [0.5, 0.6) is 0 Å². The average Bonchev–Trinajstić information content (AvgIpc) is 2.88. The highest BCUT2D eigenvalue weighted by molar-refractivity contribution is 5.29. The molecule has 3 heteroatoms. The lowest BCUT2D eigenvalue weighted by molar-refractivity contribution is -0.0626. The zero-order valence-electron chi connectivity index (χ0n) is 13.5. The van der Waals surface area contributed by atoms with E-state index in [-0.39, 0.29) is 17.5 Å².